The molecule has 1 atom stereocenters. The molecule has 3 rings (SSSR count). The van der Waals surface area contributed by atoms with Crippen molar-refractivity contribution in [2.45, 2.75) is 19.1 Å². The van der Waals surface area contributed by atoms with Gasteiger partial charge in [0.2, 0.25) is 5.91 Å². The van der Waals surface area contributed by atoms with Crippen LogP contribution >= 0.6 is 0 Å². The Balaban J connectivity index is 2.43. The van der Waals surface area contributed by atoms with E-state index >= 15 is 0 Å². The van der Waals surface area contributed by atoms with Crippen LogP contribution in [0.1, 0.15) is 28.5 Å². The maximum atomic E-state index is 11.6. The molecule has 2 aromatic heterocycles. The Morgan fingerprint density at radius 2 is 2.04 bits per heavy atom. The Bertz CT molecular complexity index is 1040. The number of rotatable bonds is 6. The summed E-state index contributed by atoms with van der Waals surface area (Å²) in [7, 11) is 3.65. The fraction of sp³-hybridized carbons (Fsp3) is 0.263. The van der Waals surface area contributed by atoms with Crippen molar-refractivity contribution >= 4 is 28.3 Å². The molecule has 0 radical (unpaired) electrons. The topological polar surface area (TPSA) is 104 Å². The molecule has 142 valence electrons. The molecule has 3 aromatic rings. The van der Waals surface area contributed by atoms with Crippen LogP contribution in [-0.2, 0) is 23.3 Å². The van der Waals surface area contributed by atoms with E-state index in [1.807, 2.05) is 43.7 Å². The molecular formula is C19H21N4O3S-. The van der Waals surface area contributed by atoms with Gasteiger partial charge in [-0.3, -0.25) is 9.00 Å². The van der Waals surface area contributed by atoms with E-state index in [4.69, 9.17) is 5.73 Å². The Hall–Kier alpha value is -2.71. The van der Waals surface area contributed by atoms with Gasteiger partial charge in [0.05, 0.1) is 5.52 Å². The number of amides is 1. The van der Waals surface area contributed by atoms with Crippen LogP contribution in [0.15, 0.2) is 36.4 Å². The number of hydrogen-bond donors (Lipinski definition) is 1. The average molecular weight is 385 g/mol. The van der Waals surface area contributed by atoms with Crippen molar-refractivity contribution in [2.24, 2.45) is 5.73 Å². The van der Waals surface area contributed by atoms with Gasteiger partial charge in [-0.1, -0.05) is 30.1 Å². The fourth-order valence-corrected chi connectivity index (χ4v) is 3.74. The molecule has 0 aliphatic heterocycles. The van der Waals surface area contributed by atoms with Crippen molar-refractivity contribution in [3.63, 3.8) is 0 Å². The summed E-state index contributed by atoms with van der Waals surface area (Å²) in [6.07, 6.45) is 0.779. The number of aromatic nitrogens is 2. The predicted octanol–water partition coefficient (Wildman–Crippen LogP) is 2.11. The van der Waals surface area contributed by atoms with Crippen molar-refractivity contribution in [3.8, 4) is 11.1 Å². The van der Waals surface area contributed by atoms with E-state index < -0.39 is 17.0 Å². The zero-order valence-corrected chi connectivity index (χ0v) is 16.2. The van der Waals surface area contributed by atoms with Gasteiger partial charge in [0.25, 0.3) is 0 Å². The van der Waals surface area contributed by atoms with Gasteiger partial charge in [-0.05, 0) is 36.2 Å². The van der Waals surface area contributed by atoms with E-state index in [1.165, 1.54) is 0 Å². The summed E-state index contributed by atoms with van der Waals surface area (Å²) >= 11 is -2.30. The number of benzene rings is 1. The lowest BCUT2D eigenvalue weighted by molar-refractivity contribution is 0.100. The minimum atomic E-state index is -2.30. The molecule has 0 bridgehead atoms. The molecule has 2 N–H and O–H groups in total. The normalized spacial score (nSPS) is 12.3. The minimum Gasteiger partial charge on any atom is -0.772 e. The smallest absolute Gasteiger partial charge is 0.248 e. The van der Waals surface area contributed by atoms with Crippen LogP contribution in [0.5, 0.6) is 0 Å². The molecule has 8 heteroatoms. The number of fused-ring (bicyclic) bond motifs is 1. The molecule has 1 unspecified atom stereocenters. The second-order valence-electron chi connectivity index (χ2n) is 6.44. The lowest BCUT2D eigenvalue weighted by Gasteiger charge is -2.22. The van der Waals surface area contributed by atoms with Crippen molar-refractivity contribution in [3.05, 3.63) is 53.2 Å². The van der Waals surface area contributed by atoms with Crippen LogP contribution in [0.2, 0.25) is 0 Å². The molecule has 2 heterocycles. The van der Waals surface area contributed by atoms with Crippen LogP contribution in [0.25, 0.3) is 16.6 Å². The quantitative estimate of drug-likeness (QED) is 0.655. The summed E-state index contributed by atoms with van der Waals surface area (Å²) in [6.45, 7) is 2.03. The van der Waals surface area contributed by atoms with Gasteiger partial charge in [-0.2, -0.15) is 0 Å². The van der Waals surface area contributed by atoms with Gasteiger partial charge in [0.1, 0.15) is 0 Å². The third-order valence-electron chi connectivity index (χ3n) is 4.44. The highest BCUT2D eigenvalue weighted by molar-refractivity contribution is 7.78. The highest BCUT2D eigenvalue weighted by Crippen LogP contribution is 2.35. The van der Waals surface area contributed by atoms with Gasteiger partial charge in [-0.25, -0.2) is 4.52 Å². The molecule has 7 nitrogen and oxygen atoms in total. The monoisotopic (exact) mass is 385 g/mol. The van der Waals surface area contributed by atoms with E-state index in [1.54, 1.807) is 23.1 Å². The van der Waals surface area contributed by atoms with Gasteiger partial charge >= 0.3 is 0 Å². The zero-order chi connectivity index (χ0) is 19.7. The second kappa shape index (κ2) is 7.50. The molecule has 0 spiro atoms. The van der Waals surface area contributed by atoms with E-state index in [9.17, 15) is 13.6 Å². The van der Waals surface area contributed by atoms with E-state index in [2.05, 4.69) is 5.10 Å². The van der Waals surface area contributed by atoms with Crippen LogP contribution < -0.4 is 10.6 Å². The molecule has 27 heavy (non-hydrogen) atoms. The van der Waals surface area contributed by atoms with Gasteiger partial charge in [-0.15, -0.1) is 5.10 Å². The first-order valence-corrected chi connectivity index (χ1v) is 9.74. The molecular weight excluding hydrogens is 364 g/mol. The number of carbonyl (C=O) groups excluding carboxylic acids is 1. The number of aryl methyl sites for hydroxylation is 1. The number of nitrogens with zero attached hydrogens (tertiary/aromatic N) is 3. The first kappa shape index (κ1) is 19.1. The highest BCUT2D eigenvalue weighted by Gasteiger charge is 2.20. The summed E-state index contributed by atoms with van der Waals surface area (Å²) in [5, 5.41) is 4.68. The van der Waals surface area contributed by atoms with Gasteiger partial charge in [0, 0.05) is 42.2 Å². The van der Waals surface area contributed by atoms with Crippen LogP contribution in [0.3, 0.4) is 0 Å². The Morgan fingerprint density at radius 3 is 2.63 bits per heavy atom. The van der Waals surface area contributed by atoms with Crippen LogP contribution in [0, 0.1) is 0 Å². The Kier molecular flexibility index (Phi) is 5.29. The van der Waals surface area contributed by atoms with E-state index in [-0.39, 0.29) is 5.75 Å². The van der Waals surface area contributed by atoms with Crippen LogP contribution in [-0.4, -0.2) is 38.4 Å². The number of hydrogen-bond acceptors (Lipinski definition) is 5. The molecule has 0 saturated carbocycles. The largest absolute Gasteiger partial charge is 0.772 e. The van der Waals surface area contributed by atoms with Crippen molar-refractivity contribution in [1.29, 1.82) is 0 Å². The molecule has 0 aliphatic rings. The van der Waals surface area contributed by atoms with Crippen molar-refractivity contribution < 1.29 is 13.6 Å². The SMILES string of the molecule is CCc1ccc2c(-c3cccc(C(N)=O)c3)c(CS(=O)[O-])c(N(C)C)nn12. The summed E-state index contributed by atoms with van der Waals surface area (Å²) in [6, 6.07) is 10.8. The fourth-order valence-electron chi connectivity index (χ4n) is 3.23. The number of nitrogens with two attached hydrogens (primary N) is 1. The van der Waals surface area contributed by atoms with Gasteiger partial charge < -0.3 is 15.2 Å². The first-order valence-electron chi connectivity index (χ1n) is 8.50. The standard InChI is InChI=1S/C19H22N4O3S/c1-4-14-8-9-16-17(12-6-5-7-13(10-12)18(20)24)15(11-27(25)26)19(22(2)3)21-23(14)16/h5-10H,4,11H2,1-3H3,(H2,20,24)(H,25,26)/p-1. The third kappa shape index (κ3) is 3.58. The average Bonchev–Trinajstić information content (AvgIpc) is 3.03. The van der Waals surface area contributed by atoms with Crippen LogP contribution in [0.4, 0.5) is 5.82 Å². The summed E-state index contributed by atoms with van der Waals surface area (Å²) in [4.78, 5) is 13.4. The zero-order valence-electron chi connectivity index (χ0n) is 15.4. The highest BCUT2D eigenvalue weighted by atomic mass is 32.2. The summed E-state index contributed by atoms with van der Waals surface area (Å²) in [5.41, 5.74) is 9.65. The molecule has 0 saturated heterocycles. The third-order valence-corrected chi connectivity index (χ3v) is 4.96. The molecule has 0 aliphatic carbocycles. The van der Waals surface area contributed by atoms with E-state index in [0.717, 1.165) is 28.8 Å². The number of carbonyl (C=O) groups is 1. The van der Waals surface area contributed by atoms with E-state index in [0.29, 0.717) is 16.9 Å². The molecule has 1 aromatic carbocycles. The lowest BCUT2D eigenvalue weighted by atomic mass is 9.98. The van der Waals surface area contributed by atoms with Crippen molar-refractivity contribution in [2.75, 3.05) is 19.0 Å². The first-order chi connectivity index (χ1) is 12.8. The maximum Gasteiger partial charge on any atom is 0.248 e. The Morgan fingerprint density at radius 1 is 1.30 bits per heavy atom. The summed E-state index contributed by atoms with van der Waals surface area (Å²) < 4.78 is 25.0. The maximum absolute atomic E-state index is 11.6. The second-order valence-corrected chi connectivity index (χ2v) is 7.34. The Labute approximate surface area is 160 Å². The minimum absolute atomic E-state index is 0.181. The number of anilines is 1. The predicted molar refractivity (Wildman–Crippen MR) is 105 cm³/mol. The van der Waals surface area contributed by atoms with Gasteiger partial charge in [0.15, 0.2) is 5.82 Å². The lowest BCUT2D eigenvalue weighted by Crippen LogP contribution is -2.18. The molecule has 1 amide bonds. The summed E-state index contributed by atoms with van der Waals surface area (Å²) in [5.74, 6) is -0.148. The van der Waals surface area contributed by atoms with Crippen molar-refractivity contribution in [1.82, 2.24) is 9.61 Å². The number of primary amides is 1. The molecule has 0 fully saturated rings.